The van der Waals surface area contributed by atoms with E-state index in [1.807, 2.05) is 30.3 Å². The summed E-state index contributed by atoms with van der Waals surface area (Å²) in [6.45, 7) is -0.132. The Labute approximate surface area is 200 Å². The summed E-state index contributed by atoms with van der Waals surface area (Å²) in [6, 6.07) is 20.0. The molecule has 3 aromatic rings. The number of methoxy groups -OCH3 is 1. The minimum Gasteiger partial charge on any atom is -0.467 e. The summed E-state index contributed by atoms with van der Waals surface area (Å²) in [5, 5.41) is 2.39. The van der Waals surface area contributed by atoms with E-state index in [0.717, 1.165) is 11.0 Å². The van der Waals surface area contributed by atoms with Crippen LogP contribution >= 0.6 is 12.2 Å². The van der Waals surface area contributed by atoms with Gasteiger partial charge in [-0.05, 0) is 66.8 Å². The zero-order valence-electron chi connectivity index (χ0n) is 18.0. The van der Waals surface area contributed by atoms with Crippen LogP contribution in [0.1, 0.15) is 5.56 Å². The van der Waals surface area contributed by atoms with Crippen molar-refractivity contribution in [1.82, 2.24) is 5.32 Å². The molecule has 1 N–H and O–H groups in total. The molecule has 0 saturated carbocycles. The number of para-hydroxylation sites is 1. The molecule has 34 heavy (non-hydrogen) atoms. The van der Waals surface area contributed by atoms with Gasteiger partial charge in [-0.3, -0.25) is 19.8 Å². The van der Waals surface area contributed by atoms with Crippen LogP contribution in [-0.2, 0) is 14.3 Å². The molecule has 0 spiro atoms. The van der Waals surface area contributed by atoms with Gasteiger partial charge >= 0.3 is 0 Å². The van der Waals surface area contributed by atoms with E-state index < -0.39 is 17.6 Å². The highest BCUT2D eigenvalue weighted by molar-refractivity contribution is 7.80. The fourth-order valence-electron chi connectivity index (χ4n) is 3.23. The van der Waals surface area contributed by atoms with Crippen LogP contribution in [-0.4, -0.2) is 30.8 Å². The van der Waals surface area contributed by atoms with Gasteiger partial charge in [0.1, 0.15) is 28.6 Å². The van der Waals surface area contributed by atoms with Crippen LogP contribution in [0.2, 0.25) is 0 Å². The van der Waals surface area contributed by atoms with E-state index in [1.54, 1.807) is 24.3 Å². The second-order valence-electron chi connectivity index (χ2n) is 7.07. The van der Waals surface area contributed by atoms with E-state index in [4.69, 9.17) is 26.4 Å². The Morgan fingerprint density at radius 3 is 2.38 bits per heavy atom. The number of hydrogen-bond donors (Lipinski definition) is 1. The zero-order chi connectivity index (χ0) is 24.1. The first-order valence-electron chi connectivity index (χ1n) is 10.1. The lowest BCUT2D eigenvalue weighted by molar-refractivity contribution is -0.122. The predicted molar refractivity (Wildman–Crippen MR) is 128 cm³/mol. The third-order valence-electron chi connectivity index (χ3n) is 4.81. The molecule has 0 atom stereocenters. The van der Waals surface area contributed by atoms with Gasteiger partial charge in [-0.25, -0.2) is 4.39 Å². The Bertz CT molecular complexity index is 1260. The van der Waals surface area contributed by atoms with Crippen molar-refractivity contribution >= 4 is 40.9 Å². The molecule has 9 heteroatoms. The molecule has 3 aromatic carbocycles. The Morgan fingerprint density at radius 2 is 1.68 bits per heavy atom. The number of ether oxygens (including phenoxy) is 3. The maximum Gasteiger partial charge on any atom is 0.270 e. The molecule has 1 heterocycles. The van der Waals surface area contributed by atoms with Gasteiger partial charge in [-0.1, -0.05) is 24.3 Å². The van der Waals surface area contributed by atoms with Crippen LogP contribution in [0.5, 0.6) is 17.2 Å². The van der Waals surface area contributed by atoms with E-state index in [2.05, 4.69) is 5.32 Å². The third-order valence-corrected chi connectivity index (χ3v) is 5.09. The third kappa shape index (κ3) is 4.95. The highest BCUT2D eigenvalue weighted by Gasteiger charge is 2.35. The molecule has 1 aliphatic heterocycles. The van der Waals surface area contributed by atoms with E-state index in [-0.39, 0.29) is 28.8 Å². The highest BCUT2D eigenvalue weighted by Crippen LogP contribution is 2.29. The molecule has 2 amide bonds. The summed E-state index contributed by atoms with van der Waals surface area (Å²) in [5.41, 5.74) is 0.0497. The largest absolute Gasteiger partial charge is 0.467 e. The average molecular weight is 479 g/mol. The molecule has 0 aliphatic carbocycles. The number of anilines is 1. The first kappa shape index (κ1) is 23.1. The summed E-state index contributed by atoms with van der Waals surface area (Å²) < 4.78 is 30.5. The highest BCUT2D eigenvalue weighted by atomic mass is 32.1. The quantitative estimate of drug-likeness (QED) is 0.234. The lowest BCUT2D eigenvalue weighted by Gasteiger charge is -2.29. The number of nitrogens with one attached hydrogen (secondary N) is 1. The number of rotatable bonds is 7. The molecular weight excluding hydrogens is 459 g/mol. The second kappa shape index (κ2) is 10.2. The molecule has 4 rings (SSSR count). The maximum atomic E-state index is 14.5. The lowest BCUT2D eigenvalue weighted by Crippen LogP contribution is -2.54. The van der Waals surface area contributed by atoms with Gasteiger partial charge in [0.25, 0.3) is 11.8 Å². The van der Waals surface area contributed by atoms with Gasteiger partial charge < -0.3 is 14.2 Å². The molecule has 172 valence electrons. The first-order chi connectivity index (χ1) is 16.5. The molecular formula is C25H19FN2O5S. The van der Waals surface area contributed by atoms with Crippen molar-refractivity contribution in [2.75, 3.05) is 18.8 Å². The predicted octanol–water partition coefficient (Wildman–Crippen LogP) is 4.43. The Morgan fingerprint density at radius 1 is 0.971 bits per heavy atom. The Balaban J connectivity index is 1.63. The average Bonchev–Trinajstić information content (AvgIpc) is 2.83. The van der Waals surface area contributed by atoms with Crippen molar-refractivity contribution in [2.24, 2.45) is 0 Å². The number of amides is 2. The molecule has 0 radical (unpaired) electrons. The smallest absolute Gasteiger partial charge is 0.270 e. The molecule has 1 saturated heterocycles. The van der Waals surface area contributed by atoms with E-state index in [1.165, 1.54) is 25.3 Å². The zero-order valence-corrected chi connectivity index (χ0v) is 18.8. The summed E-state index contributed by atoms with van der Waals surface area (Å²) in [7, 11) is 1.42. The maximum absolute atomic E-state index is 14.5. The van der Waals surface area contributed by atoms with Crippen LogP contribution in [0.3, 0.4) is 0 Å². The monoisotopic (exact) mass is 478 g/mol. The van der Waals surface area contributed by atoms with Crippen LogP contribution in [0.15, 0.2) is 78.4 Å². The summed E-state index contributed by atoms with van der Waals surface area (Å²) in [5.74, 6) is -0.770. The van der Waals surface area contributed by atoms with E-state index >= 15 is 0 Å². The Kier molecular flexibility index (Phi) is 6.95. The number of carbonyl (C=O) groups is 2. The molecule has 7 nitrogen and oxygen atoms in total. The number of benzene rings is 3. The van der Waals surface area contributed by atoms with Gasteiger partial charge in [0.05, 0.1) is 11.3 Å². The SMILES string of the molecule is COCOc1cccc(F)c1C=C1C(=O)NC(=S)N(c2ccc(Oc3ccccc3)cc2)C1=O. The van der Waals surface area contributed by atoms with Crippen LogP contribution < -0.4 is 19.7 Å². The molecule has 1 aliphatic rings. The topological polar surface area (TPSA) is 77.1 Å². The van der Waals surface area contributed by atoms with Crippen molar-refractivity contribution < 1.29 is 28.2 Å². The number of nitrogens with zero attached hydrogens (tertiary/aromatic N) is 1. The van der Waals surface area contributed by atoms with Crippen molar-refractivity contribution in [3.63, 3.8) is 0 Å². The van der Waals surface area contributed by atoms with Crippen molar-refractivity contribution in [3.05, 3.63) is 89.8 Å². The van der Waals surface area contributed by atoms with Gasteiger partial charge in [-0.2, -0.15) is 0 Å². The van der Waals surface area contributed by atoms with Crippen molar-refractivity contribution in [3.8, 4) is 17.2 Å². The molecule has 0 bridgehead atoms. The lowest BCUT2D eigenvalue weighted by atomic mass is 10.1. The number of halogens is 1. The van der Waals surface area contributed by atoms with Crippen LogP contribution in [0, 0.1) is 5.82 Å². The normalized spacial score (nSPS) is 14.8. The number of carbonyl (C=O) groups excluding carboxylic acids is 2. The fourth-order valence-corrected chi connectivity index (χ4v) is 3.51. The van der Waals surface area contributed by atoms with Crippen molar-refractivity contribution in [1.29, 1.82) is 0 Å². The van der Waals surface area contributed by atoms with Crippen molar-refractivity contribution in [2.45, 2.75) is 0 Å². The molecule has 0 aromatic heterocycles. The fraction of sp³-hybridized carbons (Fsp3) is 0.0800. The standard InChI is InChI=1S/C25H19FN2O5S/c1-31-15-32-22-9-5-8-21(26)19(22)14-20-23(29)27-25(34)28(24(20)30)16-10-12-18(13-11-16)33-17-6-3-2-4-7-17/h2-14H,15H2,1H3,(H,27,29,34). The number of hydrogen-bond acceptors (Lipinski definition) is 6. The van der Waals surface area contributed by atoms with Gasteiger partial charge in [-0.15, -0.1) is 0 Å². The van der Waals surface area contributed by atoms with Crippen LogP contribution in [0.25, 0.3) is 6.08 Å². The minimum absolute atomic E-state index is 0.0579. The molecule has 1 fully saturated rings. The van der Waals surface area contributed by atoms with E-state index in [9.17, 15) is 14.0 Å². The van der Waals surface area contributed by atoms with Gasteiger partial charge in [0.2, 0.25) is 0 Å². The number of thiocarbonyl (C=S) groups is 1. The second-order valence-corrected chi connectivity index (χ2v) is 7.46. The molecule has 0 unspecified atom stereocenters. The van der Waals surface area contributed by atoms with Gasteiger partial charge in [0.15, 0.2) is 11.9 Å². The summed E-state index contributed by atoms with van der Waals surface area (Å²) >= 11 is 5.23. The van der Waals surface area contributed by atoms with Crippen LogP contribution in [0.4, 0.5) is 10.1 Å². The Hall–Kier alpha value is -4.08. The van der Waals surface area contributed by atoms with E-state index in [0.29, 0.717) is 17.2 Å². The minimum atomic E-state index is -0.740. The summed E-state index contributed by atoms with van der Waals surface area (Å²) in [6.07, 6.45) is 1.14. The summed E-state index contributed by atoms with van der Waals surface area (Å²) in [4.78, 5) is 27.0. The van der Waals surface area contributed by atoms with Gasteiger partial charge in [0, 0.05) is 7.11 Å². The first-order valence-corrected chi connectivity index (χ1v) is 10.5.